The van der Waals surface area contributed by atoms with Gasteiger partial charge in [0.25, 0.3) is 0 Å². The first-order valence-corrected chi connectivity index (χ1v) is 5.65. The molecule has 0 aliphatic heterocycles. The number of aryl methyl sites for hydroxylation is 2. The van der Waals surface area contributed by atoms with Gasteiger partial charge in [-0.1, -0.05) is 17.7 Å². The van der Waals surface area contributed by atoms with Crippen LogP contribution in [0.25, 0.3) is 0 Å². The zero-order valence-corrected chi connectivity index (χ0v) is 10.4. The molecule has 90 valence electrons. The molecule has 2 rings (SSSR count). The number of nitriles is 1. The third-order valence-corrected chi connectivity index (χ3v) is 2.67. The third-order valence-electron chi connectivity index (χ3n) is 2.67. The number of ether oxygens (including phenoxy) is 1. The number of anilines is 1. The summed E-state index contributed by atoms with van der Waals surface area (Å²) in [7, 11) is 0. The second-order valence-corrected chi connectivity index (χ2v) is 4.24. The zero-order chi connectivity index (χ0) is 13.1. The normalized spacial score (nSPS) is 9.83. The van der Waals surface area contributed by atoms with Gasteiger partial charge in [-0.15, -0.1) is 0 Å². The van der Waals surface area contributed by atoms with Crippen LogP contribution in [-0.2, 0) is 0 Å². The molecule has 0 saturated heterocycles. The van der Waals surface area contributed by atoms with Crippen LogP contribution in [0, 0.1) is 25.2 Å². The number of hydrogen-bond donors (Lipinski definition) is 1. The van der Waals surface area contributed by atoms with Crippen molar-refractivity contribution < 1.29 is 4.74 Å². The van der Waals surface area contributed by atoms with E-state index in [-0.39, 0.29) is 0 Å². The maximum atomic E-state index is 9.05. The standard InChI is InChI=1S/C15H14N2O/c1-10-3-5-14(11(2)7-10)18-15-6-4-13(17)8-12(15)9-16/h3-8H,17H2,1-2H3. The average molecular weight is 238 g/mol. The van der Waals surface area contributed by atoms with Crippen molar-refractivity contribution in [3.63, 3.8) is 0 Å². The number of benzene rings is 2. The fourth-order valence-corrected chi connectivity index (χ4v) is 1.76. The van der Waals surface area contributed by atoms with Crippen LogP contribution in [0.1, 0.15) is 16.7 Å². The van der Waals surface area contributed by atoms with E-state index in [1.807, 2.05) is 32.0 Å². The fourth-order valence-electron chi connectivity index (χ4n) is 1.76. The van der Waals surface area contributed by atoms with Crippen LogP contribution in [0.4, 0.5) is 5.69 Å². The van der Waals surface area contributed by atoms with Crippen molar-refractivity contribution in [1.82, 2.24) is 0 Å². The predicted octanol–water partition coefficient (Wildman–Crippen LogP) is 3.55. The minimum absolute atomic E-state index is 0.440. The first kappa shape index (κ1) is 12.0. The van der Waals surface area contributed by atoms with Gasteiger partial charge in [0.05, 0.1) is 5.56 Å². The molecule has 18 heavy (non-hydrogen) atoms. The Bertz CT molecular complexity index is 627. The average Bonchev–Trinajstić information content (AvgIpc) is 2.34. The second kappa shape index (κ2) is 4.80. The molecule has 0 saturated carbocycles. The van der Waals surface area contributed by atoms with Gasteiger partial charge in [-0.05, 0) is 43.7 Å². The van der Waals surface area contributed by atoms with Gasteiger partial charge in [-0.2, -0.15) is 5.26 Å². The summed E-state index contributed by atoms with van der Waals surface area (Å²) >= 11 is 0. The molecule has 0 heterocycles. The van der Waals surface area contributed by atoms with Crippen LogP contribution < -0.4 is 10.5 Å². The first-order valence-electron chi connectivity index (χ1n) is 5.65. The van der Waals surface area contributed by atoms with Crippen molar-refractivity contribution >= 4 is 5.69 Å². The molecule has 0 amide bonds. The van der Waals surface area contributed by atoms with Crippen molar-refractivity contribution in [2.24, 2.45) is 0 Å². The number of nitrogens with two attached hydrogens (primary N) is 1. The van der Waals surface area contributed by atoms with E-state index in [0.29, 0.717) is 17.0 Å². The molecule has 3 nitrogen and oxygen atoms in total. The van der Waals surface area contributed by atoms with Gasteiger partial charge in [0.2, 0.25) is 0 Å². The van der Waals surface area contributed by atoms with E-state index in [1.165, 1.54) is 5.56 Å². The topological polar surface area (TPSA) is 59.0 Å². The van der Waals surface area contributed by atoms with E-state index in [0.717, 1.165) is 11.3 Å². The molecule has 3 heteroatoms. The Morgan fingerprint density at radius 2 is 1.78 bits per heavy atom. The van der Waals surface area contributed by atoms with Crippen molar-refractivity contribution in [1.29, 1.82) is 5.26 Å². The number of hydrogen-bond acceptors (Lipinski definition) is 3. The number of nitrogen functional groups attached to an aromatic ring is 1. The van der Waals surface area contributed by atoms with Crippen LogP contribution >= 0.6 is 0 Å². The van der Waals surface area contributed by atoms with Gasteiger partial charge in [0.15, 0.2) is 0 Å². The van der Waals surface area contributed by atoms with Crippen molar-refractivity contribution in [2.45, 2.75) is 13.8 Å². The molecule has 0 aromatic heterocycles. The highest BCUT2D eigenvalue weighted by Gasteiger charge is 2.07. The van der Waals surface area contributed by atoms with Gasteiger partial charge in [-0.25, -0.2) is 0 Å². The molecule has 0 unspecified atom stereocenters. The third kappa shape index (κ3) is 2.44. The Balaban J connectivity index is 2.37. The molecule has 0 fully saturated rings. The summed E-state index contributed by atoms with van der Waals surface area (Å²) in [4.78, 5) is 0. The molecule has 2 N–H and O–H groups in total. The smallest absolute Gasteiger partial charge is 0.145 e. The Morgan fingerprint density at radius 3 is 2.44 bits per heavy atom. The van der Waals surface area contributed by atoms with Crippen LogP contribution in [-0.4, -0.2) is 0 Å². The van der Waals surface area contributed by atoms with Crippen LogP contribution in [0.5, 0.6) is 11.5 Å². The zero-order valence-electron chi connectivity index (χ0n) is 10.4. The SMILES string of the molecule is Cc1ccc(Oc2ccc(N)cc2C#N)c(C)c1. The number of nitrogens with zero attached hydrogens (tertiary/aromatic N) is 1. The van der Waals surface area contributed by atoms with Gasteiger partial charge < -0.3 is 10.5 Å². The first-order chi connectivity index (χ1) is 8.60. The lowest BCUT2D eigenvalue weighted by Gasteiger charge is -2.10. The molecule has 0 spiro atoms. The Labute approximate surface area is 106 Å². The summed E-state index contributed by atoms with van der Waals surface area (Å²) in [6, 6.07) is 13.1. The number of rotatable bonds is 2. The highest BCUT2D eigenvalue weighted by atomic mass is 16.5. The molecular formula is C15H14N2O. The highest BCUT2D eigenvalue weighted by molar-refractivity contribution is 5.54. The summed E-state index contributed by atoms with van der Waals surface area (Å²) in [5, 5.41) is 9.05. The van der Waals surface area contributed by atoms with Gasteiger partial charge in [0.1, 0.15) is 17.6 Å². The molecule has 0 aliphatic rings. The Kier molecular flexibility index (Phi) is 3.20. The second-order valence-electron chi connectivity index (χ2n) is 4.24. The van der Waals surface area contributed by atoms with Crippen molar-refractivity contribution in [3.8, 4) is 17.6 Å². The molecule has 0 bridgehead atoms. The van der Waals surface area contributed by atoms with Crippen LogP contribution in [0.2, 0.25) is 0 Å². The predicted molar refractivity (Wildman–Crippen MR) is 71.6 cm³/mol. The van der Waals surface area contributed by atoms with Crippen molar-refractivity contribution in [3.05, 3.63) is 53.1 Å². The largest absolute Gasteiger partial charge is 0.456 e. The van der Waals surface area contributed by atoms with E-state index in [4.69, 9.17) is 15.7 Å². The van der Waals surface area contributed by atoms with Gasteiger partial charge in [-0.3, -0.25) is 0 Å². The lowest BCUT2D eigenvalue weighted by Crippen LogP contribution is -1.93. The molecular weight excluding hydrogens is 224 g/mol. The molecule has 0 aliphatic carbocycles. The van der Waals surface area contributed by atoms with Gasteiger partial charge >= 0.3 is 0 Å². The van der Waals surface area contributed by atoms with Gasteiger partial charge in [0, 0.05) is 5.69 Å². The van der Waals surface area contributed by atoms with E-state index in [2.05, 4.69) is 6.07 Å². The lowest BCUT2D eigenvalue weighted by atomic mass is 10.1. The van der Waals surface area contributed by atoms with Crippen LogP contribution in [0.15, 0.2) is 36.4 Å². The summed E-state index contributed by atoms with van der Waals surface area (Å²) < 4.78 is 5.76. The molecule has 0 atom stereocenters. The lowest BCUT2D eigenvalue weighted by molar-refractivity contribution is 0.477. The van der Waals surface area contributed by atoms with Crippen molar-refractivity contribution in [2.75, 3.05) is 5.73 Å². The summed E-state index contributed by atoms with van der Waals surface area (Å²) in [5.74, 6) is 1.28. The van der Waals surface area contributed by atoms with E-state index in [9.17, 15) is 0 Å². The highest BCUT2D eigenvalue weighted by Crippen LogP contribution is 2.29. The summed E-state index contributed by atoms with van der Waals surface area (Å²) in [5.41, 5.74) is 8.85. The van der Waals surface area contributed by atoms with Crippen LogP contribution in [0.3, 0.4) is 0 Å². The minimum Gasteiger partial charge on any atom is -0.456 e. The Morgan fingerprint density at radius 1 is 1.06 bits per heavy atom. The molecule has 2 aromatic rings. The maximum absolute atomic E-state index is 9.05. The summed E-state index contributed by atoms with van der Waals surface area (Å²) in [6.45, 7) is 4.01. The minimum atomic E-state index is 0.440. The fraction of sp³-hybridized carbons (Fsp3) is 0.133. The van der Waals surface area contributed by atoms with E-state index < -0.39 is 0 Å². The summed E-state index contributed by atoms with van der Waals surface area (Å²) in [6.07, 6.45) is 0. The van der Waals surface area contributed by atoms with E-state index in [1.54, 1.807) is 18.2 Å². The monoisotopic (exact) mass is 238 g/mol. The maximum Gasteiger partial charge on any atom is 0.145 e. The quantitative estimate of drug-likeness (QED) is 0.814. The molecule has 0 radical (unpaired) electrons. The molecule has 2 aromatic carbocycles. The van der Waals surface area contributed by atoms with E-state index >= 15 is 0 Å². The Hall–Kier alpha value is -2.47.